The van der Waals surface area contributed by atoms with Crippen molar-refractivity contribution in [2.45, 2.75) is 69.2 Å². The van der Waals surface area contributed by atoms with Gasteiger partial charge in [0, 0.05) is 17.0 Å². The van der Waals surface area contributed by atoms with Crippen molar-refractivity contribution in [1.82, 2.24) is 4.72 Å². The van der Waals surface area contributed by atoms with Crippen molar-refractivity contribution in [3.63, 3.8) is 0 Å². The molecule has 6 nitrogen and oxygen atoms in total. The third-order valence-electron chi connectivity index (χ3n) is 6.31. The van der Waals surface area contributed by atoms with Crippen LogP contribution >= 0.6 is 0 Å². The van der Waals surface area contributed by atoms with Gasteiger partial charge in [-0.15, -0.1) is 0 Å². The summed E-state index contributed by atoms with van der Waals surface area (Å²) in [5.74, 6) is -0.550. The lowest BCUT2D eigenvalue weighted by molar-refractivity contribution is -0.151. The van der Waals surface area contributed by atoms with E-state index >= 15 is 0 Å². The predicted molar refractivity (Wildman–Crippen MR) is 117 cm³/mol. The van der Waals surface area contributed by atoms with E-state index < -0.39 is 27.3 Å². The van der Waals surface area contributed by atoms with Crippen LogP contribution in [0.5, 0.6) is 5.75 Å². The van der Waals surface area contributed by atoms with E-state index in [0.717, 1.165) is 55.5 Å². The fourth-order valence-corrected chi connectivity index (χ4v) is 5.62. The molecule has 1 fully saturated rings. The first-order valence-corrected chi connectivity index (χ1v) is 12.4. The van der Waals surface area contributed by atoms with Gasteiger partial charge < -0.3 is 9.47 Å². The number of fused-ring (bicyclic) bond motifs is 3. The van der Waals surface area contributed by atoms with Crippen LogP contribution in [0.3, 0.4) is 0 Å². The average molecular weight is 462 g/mol. The highest BCUT2D eigenvalue weighted by Gasteiger charge is 2.47. The molecule has 0 unspecified atom stereocenters. The van der Waals surface area contributed by atoms with Gasteiger partial charge in [-0.3, -0.25) is 4.79 Å². The molecular formula is C24H28FNO5S. The second kappa shape index (κ2) is 8.48. The summed E-state index contributed by atoms with van der Waals surface area (Å²) in [5.41, 5.74) is 0.546. The first kappa shape index (κ1) is 22.7. The van der Waals surface area contributed by atoms with Gasteiger partial charge in [-0.2, -0.15) is 0 Å². The number of hydrogen-bond donors (Lipinski definition) is 1. The smallest absolute Gasteiger partial charge is 0.265 e. The lowest BCUT2D eigenvalue weighted by atomic mass is 9.74. The molecule has 0 aliphatic carbocycles. The van der Waals surface area contributed by atoms with Crippen molar-refractivity contribution >= 4 is 15.9 Å². The van der Waals surface area contributed by atoms with E-state index in [-0.39, 0.29) is 28.6 Å². The number of ether oxygens (including phenoxy) is 2. The molecule has 0 radical (unpaired) electrons. The van der Waals surface area contributed by atoms with E-state index in [2.05, 4.69) is 11.6 Å². The quantitative estimate of drug-likeness (QED) is 0.695. The van der Waals surface area contributed by atoms with Gasteiger partial charge in [0.05, 0.1) is 17.1 Å². The normalized spacial score (nSPS) is 24.1. The highest BCUT2D eigenvalue weighted by Crippen LogP contribution is 2.51. The summed E-state index contributed by atoms with van der Waals surface area (Å²) in [6, 6.07) is 9.18. The molecule has 2 heterocycles. The van der Waals surface area contributed by atoms with E-state index in [1.54, 1.807) is 12.1 Å². The summed E-state index contributed by atoms with van der Waals surface area (Å²) in [7, 11) is -4.13. The molecule has 3 atom stereocenters. The topological polar surface area (TPSA) is 81.7 Å². The van der Waals surface area contributed by atoms with E-state index in [9.17, 15) is 17.6 Å². The Labute approximate surface area is 188 Å². The SMILES string of the molecule is CCC[C@@H]1CC[C@@H]2[C@@H](O1)c1cc(C(=O)NS(=O)(=O)c3ccc(F)cc3)ccc1OC2(C)C. The summed E-state index contributed by atoms with van der Waals surface area (Å²) in [6.07, 6.45) is 3.85. The predicted octanol–water partition coefficient (Wildman–Crippen LogP) is 4.75. The fraction of sp³-hybridized carbons (Fsp3) is 0.458. The van der Waals surface area contributed by atoms with Crippen molar-refractivity contribution in [3.05, 3.63) is 59.4 Å². The van der Waals surface area contributed by atoms with Gasteiger partial charge in [-0.05, 0) is 75.6 Å². The molecule has 32 heavy (non-hydrogen) atoms. The molecule has 1 amide bonds. The number of rotatable bonds is 5. The minimum absolute atomic E-state index is 0.129. The van der Waals surface area contributed by atoms with Crippen molar-refractivity contribution in [3.8, 4) is 5.75 Å². The zero-order valence-electron chi connectivity index (χ0n) is 18.4. The molecule has 2 aliphatic rings. The number of halogens is 1. The number of nitrogens with one attached hydrogen (secondary N) is 1. The van der Waals surface area contributed by atoms with Crippen LogP contribution < -0.4 is 9.46 Å². The molecule has 8 heteroatoms. The fourth-order valence-electron chi connectivity index (χ4n) is 4.64. The highest BCUT2D eigenvalue weighted by atomic mass is 32.2. The van der Waals surface area contributed by atoms with E-state index in [1.165, 1.54) is 6.07 Å². The highest BCUT2D eigenvalue weighted by molar-refractivity contribution is 7.90. The zero-order chi connectivity index (χ0) is 23.1. The largest absolute Gasteiger partial charge is 0.487 e. The first-order valence-electron chi connectivity index (χ1n) is 10.9. The summed E-state index contributed by atoms with van der Waals surface area (Å²) >= 11 is 0. The number of carbonyl (C=O) groups excluding carboxylic acids is 1. The molecule has 0 spiro atoms. The van der Waals surface area contributed by atoms with Crippen LogP contribution in [0.1, 0.15) is 68.5 Å². The third kappa shape index (κ3) is 4.38. The van der Waals surface area contributed by atoms with Gasteiger partial charge in [0.25, 0.3) is 15.9 Å². The van der Waals surface area contributed by atoms with E-state index in [0.29, 0.717) is 5.75 Å². The van der Waals surface area contributed by atoms with Crippen LogP contribution in [0.25, 0.3) is 0 Å². The summed E-state index contributed by atoms with van der Waals surface area (Å²) < 4.78 is 52.9. The van der Waals surface area contributed by atoms with Crippen molar-refractivity contribution in [1.29, 1.82) is 0 Å². The molecule has 2 aliphatic heterocycles. The minimum atomic E-state index is -4.13. The maximum atomic E-state index is 13.1. The van der Waals surface area contributed by atoms with Gasteiger partial charge >= 0.3 is 0 Å². The van der Waals surface area contributed by atoms with Crippen molar-refractivity contribution in [2.24, 2.45) is 5.92 Å². The molecule has 2 aromatic rings. The molecule has 172 valence electrons. The van der Waals surface area contributed by atoms with Crippen LogP contribution in [0.15, 0.2) is 47.4 Å². The third-order valence-corrected chi connectivity index (χ3v) is 7.66. The Balaban J connectivity index is 1.62. The van der Waals surface area contributed by atoms with Crippen LogP contribution in [-0.2, 0) is 14.8 Å². The summed E-state index contributed by atoms with van der Waals surface area (Å²) in [4.78, 5) is 12.6. The minimum Gasteiger partial charge on any atom is -0.487 e. The van der Waals surface area contributed by atoms with E-state index in [1.807, 2.05) is 13.8 Å². The van der Waals surface area contributed by atoms with Gasteiger partial charge in [0.2, 0.25) is 0 Å². The van der Waals surface area contributed by atoms with Crippen LogP contribution in [0.2, 0.25) is 0 Å². The van der Waals surface area contributed by atoms with Crippen molar-refractivity contribution < 1.29 is 27.1 Å². The maximum Gasteiger partial charge on any atom is 0.265 e. The number of hydrogen-bond acceptors (Lipinski definition) is 5. The monoisotopic (exact) mass is 461 g/mol. The van der Waals surface area contributed by atoms with Gasteiger partial charge in [-0.25, -0.2) is 17.5 Å². The Morgan fingerprint density at radius 2 is 1.88 bits per heavy atom. The Morgan fingerprint density at radius 3 is 2.56 bits per heavy atom. The van der Waals surface area contributed by atoms with Crippen LogP contribution in [0.4, 0.5) is 4.39 Å². The Hall–Kier alpha value is -2.45. The Kier molecular flexibility index (Phi) is 6.02. The number of amides is 1. The first-order chi connectivity index (χ1) is 15.1. The number of sulfonamides is 1. The van der Waals surface area contributed by atoms with Gasteiger partial charge in [0.15, 0.2) is 0 Å². The molecule has 0 bridgehead atoms. The standard InChI is InChI=1S/C24H28FNO5S/c1-4-5-17-9-12-20-22(30-17)19-14-15(6-13-21(19)31-24(20,2)3)23(27)26-32(28,29)18-10-7-16(25)8-11-18/h6-8,10-11,13-14,17,20,22H,4-5,9,12H2,1-3H3,(H,26,27)/t17-,20-,22+/m1/s1. The van der Waals surface area contributed by atoms with Gasteiger partial charge in [-0.1, -0.05) is 13.3 Å². The lowest BCUT2D eigenvalue weighted by Gasteiger charge is -2.48. The summed E-state index contributed by atoms with van der Waals surface area (Å²) in [6.45, 7) is 6.22. The van der Waals surface area contributed by atoms with Crippen LogP contribution in [-0.4, -0.2) is 26.0 Å². The molecule has 0 aromatic heterocycles. The lowest BCUT2D eigenvalue weighted by Crippen LogP contribution is -2.48. The number of carbonyl (C=O) groups is 1. The molecule has 1 N–H and O–H groups in total. The van der Waals surface area contributed by atoms with Crippen LogP contribution in [0, 0.1) is 11.7 Å². The van der Waals surface area contributed by atoms with Crippen molar-refractivity contribution in [2.75, 3.05) is 0 Å². The molecular weight excluding hydrogens is 433 g/mol. The Morgan fingerprint density at radius 1 is 1.16 bits per heavy atom. The number of benzene rings is 2. The zero-order valence-corrected chi connectivity index (χ0v) is 19.2. The average Bonchev–Trinajstić information content (AvgIpc) is 2.73. The van der Waals surface area contributed by atoms with E-state index in [4.69, 9.17) is 9.47 Å². The molecule has 4 rings (SSSR count). The Bertz CT molecular complexity index is 1110. The summed E-state index contributed by atoms with van der Waals surface area (Å²) in [5, 5.41) is 0. The maximum absolute atomic E-state index is 13.1. The second-order valence-electron chi connectivity index (χ2n) is 9.00. The molecule has 1 saturated heterocycles. The molecule has 2 aromatic carbocycles. The molecule has 0 saturated carbocycles. The second-order valence-corrected chi connectivity index (χ2v) is 10.7. The van der Waals surface area contributed by atoms with Gasteiger partial charge in [0.1, 0.15) is 17.2 Å².